The molecule has 1 N–H and O–H groups in total. The van der Waals surface area contributed by atoms with Crippen molar-refractivity contribution < 1.29 is 14.3 Å². The number of aryl methyl sites for hydroxylation is 1. The lowest BCUT2D eigenvalue weighted by Gasteiger charge is -2.45. The number of nitrogens with one attached hydrogen (secondary N) is 1. The van der Waals surface area contributed by atoms with Crippen molar-refractivity contribution in [2.45, 2.75) is 50.6 Å². The van der Waals surface area contributed by atoms with Crippen LogP contribution >= 0.6 is 0 Å². The molecule has 5 nitrogen and oxygen atoms in total. The summed E-state index contributed by atoms with van der Waals surface area (Å²) in [5, 5.41) is 2.75. The summed E-state index contributed by atoms with van der Waals surface area (Å²) in [6.07, 6.45) is 3.10. The number of alkyl carbamates (subject to hydrolysis) is 1. The minimum absolute atomic E-state index is 0.0367. The third-order valence-corrected chi connectivity index (χ3v) is 5.63. The van der Waals surface area contributed by atoms with Gasteiger partial charge in [0.15, 0.2) is 0 Å². The smallest absolute Gasteiger partial charge is 0.407 e. The van der Waals surface area contributed by atoms with E-state index in [-0.39, 0.29) is 17.9 Å². The topological polar surface area (TPSA) is 58.6 Å². The van der Waals surface area contributed by atoms with Crippen molar-refractivity contribution >= 4 is 12.0 Å². The molecule has 0 bridgehead atoms. The van der Waals surface area contributed by atoms with Gasteiger partial charge in [-0.25, -0.2) is 4.79 Å². The Hall–Kier alpha value is -2.04. The summed E-state index contributed by atoms with van der Waals surface area (Å²) in [6, 6.07) is 8.93. The minimum atomic E-state index is -0.417. The first-order chi connectivity index (χ1) is 11.5. The highest BCUT2D eigenvalue weighted by Crippen LogP contribution is 2.41. The maximum atomic E-state index is 12.6. The molecule has 2 aliphatic rings. The number of hydrogen-bond acceptors (Lipinski definition) is 3. The van der Waals surface area contributed by atoms with E-state index in [9.17, 15) is 9.59 Å². The fraction of sp³-hybridized carbons (Fsp3) is 0.579. The Morgan fingerprint density at radius 1 is 1.17 bits per heavy atom. The summed E-state index contributed by atoms with van der Waals surface area (Å²) in [6.45, 7) is 2.15. The first-order valence-electron chi connectivity index (χ1n) is 8.66. The fourth-order valence-corrected chi connectivity index (χ4v) is 3.83. The number of carbonyl (C=O) groups excluding carboxylic acids is 2. The normalized spacial score (nSPS) is 28.3. The summed E-state index contributed by atoms with van der Waals surface area (Å²) >= 11 is 0. The van der Waals surface area contributed by atoms with Gasteiger partial charge in [0.2, 0.25) is 5.91 Å². The van der Waals surface area contributed by atoms with Crippen LogP contribution < -0.4 is 5.32 Å². The van der Waals surface area contributed by atoms with Gasteiger partial charge in [-0.1, -0.05) is 24.3 Å². The molecule has 1 aromatic rings. The molecule has 3 rings (SSSR count). The molecule has 130 valence electrons. The van der Waals surface area contributed by atoms with Crippen LogP contribution in [0.15, 0.2) is 24.3 Å². The molecule has 2 aliphatic carbocycles. The van der Waals surface area contributed by atoms with Gasteiger partial charge in [-0.2, -0.15) is 0 Å². The number of amides is 2. The number of methoxy groups -OCH3 is 1. The highest BCUT2D eigenvalue weighted by atomic mass is 16.5. The monoisotopic (exact) mass is 330 g/mol. The Morgan fingerprint density at radius 3 is 2.46 bits per heavy atom. The highest BCUT2D eigenvalue weighted by Gasteiger charge is 2.41. The Labute approximate surface area is 143 Å². The maximum absolute atomic E-state index is 12.6. The van der Waals surface area contributed by atoms with Gasteiger partial charge in [-0.05, 0) is 49.7 Å². The molecule has 0 saturated heterocycles. The van der Waals surface area contributed by atoms with Crippen LogP contribution in [0, 0.1) is 12.8 Å². The van der Waals surface area contributed by atoms with Gasteiger partial charge >= 0.3 is 6.09 Å². The third kappa shape index (κ3) is 3.25. The lowest BCUT2D eigenvalue weighted by atomic mass is 9.73. The standard InChI is InChI=1S/C19H26N2O3/c1-12-6-4-5-7-17(12)13-10-16(11-13)21(2)18(22)14-8-15(9-14)20-19(23)24-3/h4-7,13-16H,8-11H2,1-3H3,(H,20,23). The van der Waals surface area contributed by atoms with Crippen LogP contribution in [0.25, 0.3) is 0 Å². The maximum Gasteiger partial charge on any atom is 0.407 e. The van der Waals surface area contributed by atoms with E-state index in [0.29, 0.717) is 24.8 Å². The van der Waals surface area contributed by atoms with E-state index in [1.807, 2.05) is 11.9 Å². The van der Waals surface area contributed by atoms with E-state index in [0.717, 1.165) is 12.8 Å². The summed E-state index contributed by atoms with van der Waals surface area (Å²) < 4.78 is 4.58. The second-order valence-corrected chi connectivity index (χ2v) is 7.13. The van der Waals surface area contributed by atoms with Crippen LogP contribution in [0.4, 0.5) is 4.79 Å². The predicted octanol–water partition coefficient (Wildman–Crippen LogP) is 2.83. The van der Waals surface area contributed by atoms with E-state index in [1.54, 1.807) is 0 Å². The lowest BCUT2D eigenvalue weighted by molar-refractivity contribution is -0.141. The van der Waals surface area contributed by atoms with Crippen molar-refractivity contribution in [2.75, 3.05) is 14.2 Å². The third-order valence-electron chi connectivity index (χ3n) is 5.63. The summed E-state index contributed by atoms with van der Waals surface area (Å²) in [5.74, 6) is 0.822. The number of carbonyl (C=O) groups is 2. The van der Waals surface area contributed by atoms with Crippen molar-refractivity contribution in [3.8, 4) is 0 Å². The first kappa shape index (κ1) is 16.8. The summed E-state index contributed by atoms with van der Waals surface area (Å²) in [5.41, 5.74) is 2.76. The van der Waals surface area contributed by atoms with Gasteiger partial charge < -0.3 is 15.0 Å². The molecule has 0 heterocycles. The molecule has 0 atom stereocenters. The van der Waals surface area contributed by atoms with E-state index < -0.39 is 6.09 Å². The van der Waals surface area contributed by atoms with Crippen LogP contribution in [0.3, 0.4) is 0 Å². The van der Waals surface area contributed by atoms with E-state index in [4.69, 9.17) is 0 Å². The molecule has 0 aromatic heterocycles. The Morgan fingerprint density at radius 2 is 1.83 bits per heavy atom. The average Bonchev–Trinajstić information content (AvgIpc) is 2.49. The van der Waals surface area contributed by atoms with Crippen LogP contribution in [0.2, 0.25) is 0 Å². The molecule has 2 fully saturated rings. The van der Waals surface area contributed by atoms with Gasteiger partial charge in [-0.15, -0.1) is 0 Å². The number of hydrogen-bond donors (Lipinski definition) is 1. The fourth-order valence-electron chi connectivity index (χ4n) is 3.83. The second-order valence-electron chi connectivity index (χ2n) is 7.13. The quantitative estimate of drug-likeness (QED) is 0.923. The first-order valence-corrected chi connectivity index (χ1v) is 8.66. The Bertz CT molecular complexity index is 619. The van der Waals surface area contributed by atoms with Crippen LogP contribution in [-0.2, 0) is 9.53 Å². The number of rotatable bonds is 4. The lowest BCUT2D eigenvalue weighted by Crippen LogP contribution is -2.53. The molecule has 0 aliphatic heterocycles. The zero-order valence-electron chi connectivity index (χ0n) is 14.6. The Balaban J connectivity index is 1.45. The highest BCUT2D eigenvalue weighted by molar-refractivity contribution is 5.80. The van der Waals surface area contributed by atoms with E-state index >= 15 is 0 Å². The predicted molar refractivity (Wildman–Crippen MR) is 91.8 cm³/mol. The molecule has 5 heteroatoms. The summed E-state index contributed by atoms with van der Waals surface area (Å²) in [7, 11) is 3.27. The van der Waals surface area contributed by atoms with Crippen molar-refractivity contribution in [1.29, 1.82) is 0 Å². The molecule has 2 amide bonds. The molecular weight excluding hydrogens is 304 g/mol. The zero-order valence-corrected chi connectivity index (χ0v) is 14.6. The van der Waals surface area contributed by atoms with E-state index in [2.05, 4.69) is 41.2 Å². The average molecular weight is 330 g/mol. The molecule has 2 saturated carbocycles. The molecular formula is C19H26N2O3. The Kier molecular flexibility index (Phi) is 4.78. The molecule has 0 radical (unpaired) electrons. The summed E-state index contributed by atoms with van der Waals surface area (Å²) in [4.78, 5) is 25.6. The number of ether oxygens (including phenoxy) is 1. The largest absolute Gasteiger partial charge is 0.453 e. The van der Waals surface area contributed by atoms with Crippen LogP contribution in [0.5, 0.6) is 0 Å². The van der Waals surface area contributed by atoms with Crippen molar-refractivity contribution in [3.05, 3.63) is 35.4 Å². The van der Waals surface area contributed by atoms with Gasteiger partial charge in [0, 0.05) is 25.0 Å². The van der Waals surface area contributed by atoms with E-state index in [1.165, 1.54) is 18.2 Å². The number of benzene rings is 1. The number of nitrogens with zero attached hydrogens (tertiary/aromatic N) is 1. The van der Waals surface area contributed by atoms with Gasteiger partial charge in [0.25, 0.3) is 0 Å². The van der Waals surface area contributed by atoms with Crippen molar-refractivity contribution in [3.63, 3.8) is 0 Å². The van der Waals surface area contributed by atoms with Crippen LogP contribution in [0.1, 0.15) is 42.7 Å². The van der Waals surface area contributed by atoms with Gasteiger partial charge in [0.1, 0.15) is 0 Å². The van der Waals surface area contributed by atoms with Crippen LogP contribution in [-0.4, -0.2) is 43.1 Å². The van der Waals surface area contributed by atoms with Gasteiger partial charge in [-0.3, -0.25) is 4.79 Å². The van der Waals surface area contributed by atoms with Gasteiger partial charge in [0.05, 0.1) is 7.11 Å². The minimum Gasteiger partial charge on any atom is -0.453 e. The second kappa shape index (κ2) is 6.83. The molecule has 1 aromatic carbocycles. The van der Waals surface area contributed by atoms with Crippen molar-refractivity contribution in [2.24, 2.45) is 5.92 Å². The SMILES string of the molecule is COC(=O)NC1CC(C(=O)N(C)C2CC(c3ccccc3C)C2)C1. The van der Waals surface area contributed by atoms with Crippen molar-refractivity contribution in [1.82, 2.24) is 10.2 Å². The molecule has 0 spiro atoms. The molecule has 0 unspecified atom stereocenters. The molecule has 24 heavy (non-hydrogen) atoms. The zero-order chi connectivity index (χ0) is 17.3.